The molecule has 1 amide bonds. The third-order valence-electron chi connectivity index (χ3n) is 1.98. The molecule has 0 radical (unpaired) electrons. The zero-order valence-electron chi connectivity index (χ0n) is 9.87. The maximum atomic E-state index is 11.6. The number of carbonyl (C=O) groups is 2. The zero-order valence-corrected chi connectivity index (χ0v) is 10.7. The molecule has 0 aliphatic heterocycles. The zero-order chi connectivity index (χ0) is 13.2. The Kier molecular flexibility index (Phi) is 3.95. The standard InChI is InChI=1S/C10H15N3O3S/c1-4(2)13-9-5(10(15)16-3)6(11)7(17-9)8(12)14/h4,13H,11H2,1-3H3,(H2,12,14). The molecule has 17 heavy (non-hydrogen) atoms. The summed E-state index contributed by atoms with van der Waals surface area (Å²) in [6.45, 7) is 3.81. The van der Waals surface area contributed by atoms with E-state index in [2.05, 4.69) is 10.1 Å². The molecule has 94 valence electrons. The molecule has 0 saturated heterocycles. The monoisotopic (exact) mass is 257 g/mol. The van der Waals surface area contributed by atoms with E-state index in [9.17, 15) is 9.59 Å². The second-order valence-corrected chi connectivity index (χ2v) is 4.72. The summed E-state index contributed by atoms with van der Waals surface area (Å²) in [5.41, 5.74) is 11.1. The highest BCUT2D eigenvalue weighted by atomic mass is 32.1. The van der Waals surface area contributed by atoms with E-state index in [0.717, 1.165) is 11.3 Å². The Morgan fingerprint density at radius 1 is 1.41 bits per heavy atom. The Bertz CT molecular complexity index is 454. The van der Waals surface area contributed by atoms with Gasteiger partial charge in [0.25, 0.3) is 5.91 Å². The molecular weight excluding hydrogens is 242 g/mol. The number of primary amides is 1. The van der Waals surface area contributed by atoms with Crippen molar-refractivity contribution in [1.29, 1.82) is 0 Å². The van der Waals surface area contributed by atoms with E-state index in [1.807, 2.05) is 13.8 Å². The minimum Gasteiger partial charge on any atom is -0.465 e. The number of nitrogen functional groups attached to an aromatic ring is 1. The Balaban J connectivity index is 3.31. The second kappa shape index (κ2) is 5.05. The fourth-order valence-corrected chi connectivity index (χ4v) is 2.40. The molecule has 5 N–H and O–H groups in total. The number of thiophene rings is 1. The van der Waals surface area contributed by atoms with Gasteiger partial charge >= 0.3 is 5.97 Å². The molecule has 1 aromatic rings. The third-order valence-corrected chi connectivity index (χ3v) is 3.13. The number of esters is 1. The highest BCUT2D eigenvalue weighted by molar-refractivity contribution is 7.19. The van der Waals surface area contributed by atoms with E-state index >= 15 is 0 Å². The number of ether oxygens (including phenoxy) is 1. The number of anilines is 2. The number of carbonyl (C=O) groups excluding carboxylic acids is 2. The van der Waals surface area contributed by atoms with Gasteiger partial charge in [0.05, 0.1) is 12.8 Å². The van der Waals surface area contributed by atoms with Crippen molar-refractivity contribution in [2.75, 3.05) is 18.2 Å². The van der Waals surface area contributed by atoms with Gasteiger partial charge in [-0.05, 0) is 13.8 Å². The van der Waals surface area contributed by atoms with Crippen LogP contribution in [-0.2, 0) is 4.74 Å². The van der Waals surface area contributed by atoms with E-state index in [1.54, 1.807) is 0 Å². The largest absolute Gasteiger partial charge is 0.465 e. The third kappa shape index (κ3) is 2.68. The molecule has 1 rings (SSSR count). The van der Waals surface area contributed by atoms with Gasteiger partial charge in [-0.2, -0.15) is 0 Å². The van der Waals surface area contributed by atoms with Gasteiger partial charge in [-0.25, -0.2) is 4.79 Å². The van der Waals surface area contributed by atoms with E-state index in [0.29, 0.717) is 5.00 Å². The summed E-state index contributed by atoms with van der Waals surface area (Å²) >= 11 is 1.05. The van der Waals surface area contributed by atoms with Crippen LogP contribution in [0.5, 0.6) is 0 Å². The van der Waals surface area contributed by atoms with Gasteiger partial charge in [0.2, 0.25) is 0 Å². The van der Waals surface area contributed by atoms with Crippen LogP contribution in [-0.4, -0.2) is 25.0 Å². The molecule has 0 atom stereocenters. The highest BCUT2D eigenvalue weighted by Gasteiger charge is 2.25. The number of amides is 1. The van der Waals surface area contributed by atoms with Crippen molar-refractivity contribution in [1.82, 2.24) is 0 Å². The molecule has 0 fully saturated rings. The number of hydrogen-bond donors (Lipinski definition) is 3. The summed E-state index contributed by atoms with van der Waals surface area (Å²) in [7, 11) is 1.25. The van der Waals surface area contributed by atoms with Crippen molar-refractivity contribution in [3.05, 3.63) is 10.4 Å². The minimum atomic E-state index is -0.658. The van der Waals surface area contributed by atoms with Crippen LogP contribution in [0.1, 0.15) is 33.9 Å². The maximum absolute atomic E-state index is 11.6. The quantitative estimate of drug-likeness (QED) is 0.698. The second-order valence-electron chi connectivity index (χ2n) is 3.70. The molecule has 0 unspecified atom stereocenters. The summed E-state index contributed by atoms with van der Waals surface area (Å²) in [6, 6.07) is 0.0946. The van der Waals surface area contributed by atoms with Crippen LogP contribution in [0.4, 0.5) is 10.7 Å². The number of nitrogens with one attached hydrogen (secondary N) is 1. The number of hydrogen-bond acceptors (Lipinski definition) is 6. The van der Waals surface area contributed by atoms with E-state index < -0.39 is 11.9 Å². The SMILES string of the molecule is COC(=O)c1c(NC(C)C)sc(C(N)=O)c1N. The topological polar surface area (TPSA) is 107 Å². The summed E-state index contributed by atoms with van der Waals surface area (Å²) in [6.07, 6.45) is 0. The highest BCUT2D eigenvalue weighted by Crippen LogP contribution is 2.36. The van der Waals surface area contributed by atoms with Crippen LogP contribution >= 0.6 is 11.3 Å². The molecule has 7 heteroatoms. The molecule has 6 nitrogen and oxygen atoms in total. The van der Waals surface area contributed by atoms with Crippen molar-refractivity contribution in [2.24, 2.45) is 5.73 Å². The van der Waals surface area contributed by atoms with E-state index in [-0.39, 0.29) is 22.2 Å². The maximum Gasteiger partial charge on any atom is 0.343 e. The lowest BCUT2D eigenvalue weighted by molar-refractivity contribution is 0.0603. The van der Waals surface area contributed by atoms with Gasteiger partial charge in [0, 0.05) is 6.04 Å². The molecule has 0 spiro atoms. The molecule has 0 aromatic carbocycles. The molecule has 0 aliphatic carbocycles. The van der Waals surface area contributed by atoms with Crippen LogP contribution in [0.3, 0.4) is 0 Å². The first-order valence-electron chi connectivity index (χ1n) is 4.95. The summed E-state index contributed by atoms with van der Waals surface area (Å²) in [5, 5.41) is 3.53. The van der Waals surface area contributed by atoms with Crippen LogP contribution in [0.2, 0.25) is 0 Å². The fraction of sp³-hybridized carbons (Fsp3) is 0.400. The first-order chi connectivity index (χ1) is 7.88. The Morgan fingerprint density at radius 2 is 2.00 bits per heavy atom. The number of methoxy groups -OCH3 is 1. The van der Waals surface area contributed by atoms with Gasteiger partial charge in [0.1, 0.15) is 15.4 Å². The summed E-state index contributed by atoms with van der Waals surface area (Å²) < 4.78 is 4.63. The van der Waals surface area contributed by atoms with E-state index in [4.69, 9.17) is 11.5 Å². The Labute approximate surface area is 103 Å². The molecule has 1 aromatic heterocycles. The molecule has 1 heterocycles. The number of nitrogens with two attached hydrogens (primary N) is 2. The van der Waals surface area contributed by atoms with Gasteiger partial charge in [0.15, 0.2) is 0 Å². The predicted molar refractivity (Wildman–Crippen MR) is 67.3 cm³/mol. The van der Waals surface area contributed by atoms with Crippen molar-refractivity contribution in [3.63, 3.8) is 0 Å². The minimum absolute atomic E-state index is 0.0671. The lowest BCUT2D eigenvalue weighted by Gasteiger charge is -2.09. The van der Waals surface area contributed by atoms with Crippen molar-refractivity contribution in [3.8, 4) is 0 Å². The molecule has 0 saturated carbocycles. The van der Waals surface area contributed by atoms with Crippen LogP contribution < -0.4 is 16.8 Å². The van der Waals surface area contributed by atoms with Crippen LogP contribution in [0.15, 0.2) is 0 Å². The fourth-order valence-electron chi connectivity index (χ4n) is 1.30. The van der Waals surface area contributed by atoms with Crippen LogP contribution in [0, 0.1) is 0 Å². The number of rotatable bonds is 4. The lowest BCUT2D eigenvalue weighted by Crippen LogP contribution is -2.14. The lowest BCUT2D eigenvalue weighted by atomic mass is 10.2. The van der Waals surface area contributed by atoms with E-state index in [1.165, 1.54) is 7.11 Å². The van der Waals surface area contributed by atoms with Crippen molar-refractivity contribution < 1.29 is 14.3 Å². The van der Waals surface area contributed by atoms with Gasteiger partial charge in [-0.15, -0.1) is 11.3 Å². The van der Waals surface area contributed by atoms with Gasteiger partial charge in [-0.1, -0.05) is 0 Å². The average Bonchev–Trinajstić information content (AvgIpc) is 2.54. The smallest absolute Gasteiger partial charge is 0.343 e. The summed E-state index contributed by atoms with van der Waals surface area (Å²) in [5.74, 6) is -1.25. The van der Waals surface area contributed by atoms with Crippen molar-refractivity contribution in [2.45, 2.75) is 19.9 Å². The van der Waals surface area contributed by atoms with Gasteiger partial charge < -0.3 is 21.5 Å². The average molecular weight is 257 g/mol. The first kappa shape index (κ1) is 13.3. The Morgan fingerprint density at radius 3 is 2.41 bits per heavy atom. The Hall–Kier alpha value is -1.76. The summed E-state index contributed by atoms with van der Waals surface area (Å²) in [4.78, 5) is 22.9. The van der Waals surface area contributed by atoms with Gasteiger partial charge in [-0.3, -0.25) is 4.79 Å². The first-order valence-corrected chi connectivity index (χ1v) is 5.77. The molecule has 0 aliphatic rings. The normalized spacial score (nSPS) is 10.4. The van der Waals surface area contributed by atoms with Crippen molar-refractivity contribution >= 4 is 33.9 Å². The predicted octanol–water partition coefficient (Wildman–Crippen LogP) is 1.04. The molecular formula is C10H15N3O3S. The molecule has 0 bridgehead atoms. The van der Waals surface area contributed by atoms with Crippen LogP contribution in [0.25, 0.3) is 0 Å².